The number of carbonyl (C=O) groups is 3. The van der Waals surface area contributed by atoms with Gasteiger partial charge in [0, 0.05) is 48.6 Å². The predicted molar refractivity (Wildman–Crippen MR) is 162 cm³/mol. The van der Waals surface area contributed by atoms with Crippen molar-refractivity contribution in [3.8, 4) is 5.75 Å². The number of aromatic nitrogens is 1. The molecule has 2 N–H and O–H groups in total. The number of ketones is 1. The van der Waals surface area contributed by atoms with Gasteiger partial charge in [0.1, 0.15) is 18.4 Å². The SMILES string of the molecule is CCN(CCOc1ccc(CC(Nc2ccccc2C(=O)c2ccccc2)C(=O)O)cc1)C(=O)CCc1cccnc1. The van der Waals surface area contributed by atoms with E-state index in [1.165, 1.54) is 0 Å². The van der Waals surface area contributed by atoms with Crippen molar-refractivity contribution in [1.82, 2.24) is 9.88 Å². The fourth-order valence-corrected chi connectivity index (χ4v) is 4.59. The first-order chi connectivity index (χ1) is 20.4. The Morgan fingerprint density at radius 1 is 0.905 bits per heavy atom. The molecule has 0 saturated carbocycles. The number of para-hydroxylation sites is 1. The maximum absolute atomic E-state index is 13.1. The number of pyridine rings is 1. The summed E-state index contributed by atoms with van der Waals surface area (Å²) >= 11 is 0. The van der Waals surface area contributed by atoms with Crippen molar-refractivity contribution in [3.05, 3.63) is 126 Å². The third-order valence-corrected chi connectivity index (χ3v) is 6.91. The highest BCUT2D eigenvalue weighted by atomic mass is 16.5. The highest BCUT2D eigenvalue weighted by molar-refractivity contribution is 6.12. The summed E-state index contributed by atoms with van der Waals surface area (Å²) in [6.07, 6.45) is 4.76. The zero-order valence-corrected chi connectivity index (χ0v) is 23.6. The number of rotatable bonds is 15. The van der Waals surface area contributed by atoms with Gasteiger partial charge in [0.2, 0.25) is 5.91 Å². The Hall–Kier alpha value is -4.98. The maximum Gasteiger partial charge on any atom is 0.326 e. The van der Waals surface area contributed by atoms with E-state index in [2.05, 4.69) is 10.3 Å². The molecular formula is C34H35N3O5. The highest BCUT2D eigenvalue weighted by Crippen LogP contribution is 2.22. The fraction of sp³-hybridized carbons (Fsp3) is 0.235. The molecule has 4 aromatic rings. The molecule has 0 spiro atoms. The Morgan fingerprint density at radius 3 is 2.33 bits per heavy atom. The molecule has 0 bridgehead atoms. The van der Waals surface area contributed by atoms with E-state index in [-0.39, 0.29) is 18.1 Å². The van der Waals surface area contributed by atoms with E-state index in [1.54, 1.807) is 78.0 Å². The van der Waals surface area contributed by atoms with Gasteiger partial charge in [-0.05, 0) is 54.8 Å². The van der Waals surface area contributed by atoms with Crippen molar-refractivity contribution in [3.63, 3.8) is 0 Å². The van der Waals surface area contributed by atoms with Crippen LogP contribution in [0, 0.1) is 0 Å². The number of aryl methyl sites for hydroxylation is 1. The number of amides is 1. The van der Waals surface area contributed by atoms with Gasteiger partial charge in [-0.1, -0.05) is 60.7 Å². The van der Waals surface area contributed by atoms with Gasteiger partial charge in [-0.3, -0.25) is 14.6 Å². The van der Waals surface area contributed by atoms with E-state index < -0.39 is 12.0 Å². The summed E-state index contributed by atoms with van der Waals surface area (Å²) in [5, 5.41) is 13.0. The van der Waals surface area contributed by atoms with Gasteiger partial charge in [-0.25, -0.2) is 4.79 Å². The number of carboxylic acids is 1. The van der Waals surface area contributed by atoms with Crippen molar-refractivity contribution in [2.75, 3.05) is 25.0 Å². The number of nitrogens with zero attached hydrogens (tertiary/aromatic N) is 2. The molecule has 0 radical (unpaired) electrons. The first kappa shape index (κ1) is 30.0. The molecule has 4 rings (SSSR count). The molecule has 8 nitrogen and oxygen atoms in total. The molecular weight excluding hydrogens is 530 g/mol. The van der Waals surface area contributed by atoms with Gasteiger partial charge in [-0.15, -0.1) is 0 Å². The van der Waals surface area contributed by atoms with Crippen molar-refractivity contribution in [2.45, 2.75) is 32.2 Å². The van der Waals surface area contributed by atoms with Crippen LogP contribution in [0.5, 0.6) is 5.75 Å². The number of hydrogen-bond acceptors (Lipinski definition) is 6. The molecule has 8 heteroatoms. The quantitative estimate of drug-likeness (QED) is 0.189. The number of hydrogen-bond donors (Lipinski definition) is 2. The number of carbonyl (C=O) groups excluding carboxylic acids is 2. The Labute approximate surface area is 246 Å². The largest absolute Gasteiger partial charge is 0.492 e. The topological polar surface area (TPSA) is 109 Å². The average molecular weight is 566 g/mol. The molecule has 1 aromatic heterocycles. The van der Waals surface area contributed by atoms with Crippen LogP contribution < -0.4 is 10.1 Å². The van der Waals surface area contributed by atoms with Crippen LogP contribution in [-0.2, 0) is 22.4 Å². The third-order valence-electron chi connectivity index (χ3n) is 6.91. The number of ether oxygens (including phenoxy) is 1. The van der Waals surface area contributed by atoms with Crippen LogP contribution in [0.1, 0.15) is 40.4 Å². The molecule has 1 heterocycles. The van der Waals surface area contributed by atoms with Gasteiger partial charge < -0.3 is 20.1 Å². The average Bonchev–Trinajstić information content (AvgIpc) is 3.03. The summed E-state index contributed by atoms with van der Waals surface area (Å²) in [7, 11) is 0. The Balaban J connectivity index is 1.30. The van der Waals surface area contributed by atoms with Crippen LogP contribution in [0.2, 0.25) is 0 Å². The van der Waals surface area contributed by atoms with Crippen LogP contribution in [0.15, 0.2) is 103 Å². The van der Waals surface area contributed by atoms with Gasteiger partial charge in [0.05, 0.1) is 6.54 Å². The van der Waals surface area contributed by atoms with E-state index in [4.69, 9.17) is 4.74 Å². The second kappa shape index (κ2) is 15.1. The molecule has 0 saturated heterocycles. The Morgan fingerprint density at radius 2 is 1.64 bits per heavy atom. The van der Waals surface area contributed by atoms with Gasteiger partial charge >= 0.3 is 5.97 Å². The number of aliphatic carboxylic acids is 1. The standard InChI is InChI=1S/C34H35N3O5/c1-2-37(32(38)19-16-26-9-8-20-35-24-26)21-22-42-28-17-14-25(15-18-28)23-31(34(40)41)36-30-13-7-6-12-29(30)33(39)27-10-4-3-5-11-27/h3-15,17-18,20,24,31,36H,2,16,19,21-23H2,1H3,(H,40,41). The molecule has 0 aliphatic carbocycles. The molecule has 216 valence electrons. The van der Waals surface area contributed by atoms with Crippen LogP contribution in [0.3, 0.4) is 0 Å². The van der Waals surface area contributed by atoms with E-state index in [0.29, 0.717) is 55.1 Å². The second-order valence-corrected chi connectivity index (χ2v) is 9.81. The monoisotopic (exact) mass is 565 g/mol. The predicted octanol–water partition coefficient (Wildman–Crippen LogP) is 5.28. The van der Waals surface area contributed by atoms with E-state index in [9.17, 15) is 19.5 Å². The summed E-state index contributed by atoms with van der Waals surface area (Å²) < 4.78 is 5.87. The van der Waals surface area contributed by atoms with E-state index in [0.717, 1.165) is 11.1 Å². The summed E-state index contributed by atoms with van der Waals surface area (Å²) in [6, 6.07) is 25.9. The molecule has 0 aliphatic rings. The van der Waals surface area contributed by atoms with Crippen molar-refractivity contribution < 1.29 is 24.2 Å². The molecule has 0 aliphatic heterocycles. The number of anilines is 1. The third kappa shape index (κ3) is 8.51. The van der Waals surface area contributed by atoms with Gasteiger partial charge in [-0.2, -0.15) is 0 Å². The molecule has 1 unspecified atom stereocenters. The molecule has 42 heavy (non-hydrogen) atoms. The minimum absolute atomic E-state index is 0.0690. The minimum Gasteiger partial charge on any atom is -0.492 e. The van der Waals surface area contributed by atoms with Crippen LogP contribution in [-0.4, -0.2) is 58.4 Å². The zero-order chi connectivity index (χ0) is 29.7. The number of benzene rings is 3. The molecule has 3 aromatic carbocycles. The van der Waals surface area contributed by atoms with Crippen LogP contribution in [0.4, 0.5) is 5.69 Å². The molecule has 1 amide bonds. The lowest BCUT2D eigenvalue weighted by Gasteiger charge is -2.21. The van der Waals surface area contributed by atoms with Crippen molar-refractivity contribution in [2.24, 2.45) is 0 Å². The number of carboxylic acid groups (broad SMARTS) is 1. The lowest BCUT2D eigenvalue weighted by molar-refractivity contribution is -0.138. The zero-order valence-electron chi connectivity index (χ0n) is 23.6. The van der Waals surface area contributed by atoms with Gasteiger partial charge in [0.15, 0.2) is 5.78 Å². The Kier molecular flexibility index (Phi) is 10.8. The summed E-state index contributed by atoms with van der Waals surface area (Å²) in [5.74, 6) is -0.498. The first-order valence-electron chi connectivity index (χ1n) is 14.0. The first-order valence-corrected chi connectivity index (χ1v) is 14.0. The summed E-state index contributed by atoms with van der Waals surface area (Å²) in [4.78, 5) is 43.7. The van der Waals surface area contributed by atoms with Gasteiger partial charge in [0.25, 0.3) is 0 Å². The lowest BCUT2D eigenvalue weighted by atomic mass is 10.00. The van der Waals surface area contributed by atoms with Crippen molar-refractivity contribution >= 4 is 23.3 Å². The summed E-state index contributed by atoms with van der Waals surface area (Å²) in [5.41, 5.74) is 3.24. The van der Waals surface area contributed by atoms with E-state index >= 15 is 0 Å². The minimum atomic E-state index is -1.02. The number of nitrogens with one attached hydrogen (secondary N) is 1. The van der Waals surface area contributed by atoms with Crippen LogP contribution >= 0.6 is 0 Å². The van der Waals surface area contributed by atoms with Crippen LogP contribution in [0.25, 0.3) is 0 Å². The Bertz CT molecular complexity index is 1460. The summed E-state index contributed by atoms with van der Waals surface area (Å²) in [6.45, 7) is 3.35. The maximum atomic E-state index is 13.1. The highest BCUT2D eigenvalue weighted by Gasteiger charge is 2.21. The second-order valence-electron chi connectivity index (χ2n) is 9.81. The molecule has 1 atom stereocenters. The number of likely N-dealkylation sites (N-methyl/N-ethyl adjacent to an activating group) is 1. The smallest absolute Gasteiger partial charge is 0.326 e. The van der Waals surface area contributed by atoms with Crippen molar-refractivity contribution in [1.29, 1.82) is 0 Å². The van der Waals surface area contributed by atoms with E-state index in [1.807, 2.05) is 37.3 Å². The molecule has 0 fully saturated rings. The lowest BCUT2D eigenvalue weighted by Crippen LogP contribution is -2.34. The normalized spacial score (nSPS) is 11.4. The fourth-order valence-electron chi connectivity index (χ4n) is 4.59.